The van der Waals surface area contributed by atoms with Gasteiger partial charge in [-0.15, -0.1) is 0 Å². The summed E-state index contributed by atoms with van der Waals surface area (Å²) in [5.41, 5.74) is 2.38. The number of benzene rings is 2. The number of aromatic nitrogens is 2. The lowest BCUT2D eigenvalue weighted by molar-refractivity contribution is -0.123. The first-order chi connectivity index (χ1) is 12.2. The van der Waals surface area contributed by atoms with Crippen LogP contribution in [0.3, 0.4) is 0 Å². The van der Waals surface area contributed by atoms with Crippen molar-refractivity contribution in [1.29, 1.82) is 0 Å². The Morgan fingerprint density at radius 1 is 1.00 bits per heavy atom. The van der Waals surface area contributed by atoms with E-state index in [0.29, 0.717) is 18.7 Å². The van der Waals surface area contributed by atoms with Crippen LogP contribution in [0.25, 0.3) is 11.0 Å². The van der Waals surface area contributed by atoms with Gasteiger partial charge in [0.05, 0.1) is 17.4 Å². The highest BCUT2D eigenvalue weighted by Gasteiger charge is 2.16. The van der Waals surface area contributed by atoms with E-state index in [0.717, 1.165) is 11.0 Å². The normalized spacial score (nSPS) is 11.9. The monoisotopic (exact) mass is 336 g/mol. The number of amides is 2. The Balaban J connectivity index is 1.50. The minimum Gasteiger partial charge on any atom is -0.353 e. The molecule has 6 heteroatoms. The first-order valence-electron chi connectivity index (χ1n) is 8.19. The molecule has 1 aromatic heterocycles. The van der Waals surface area contributed by atoms with Crippen molar-refractivity contribution in [2.24, 2.45) is 0 Å². The van der Waals surface area contributed by atoms with Gasteiger partial charge in [-0.1, -0.05) is 30.3 Å². The second-order valence-corrected chi connectivity index (χ2v) is 5.73. The number of imidazole rings is 1. The lowest BCUT2D eigenvalue weighted by Crippen LogP contribution is -2.37. The zero-order chi connectivity index (χ0) is 17.6. The Morgan fingerprint density at radius 2 is 1.68 bits per heavy atom. The van der Waals surface area contributed by atoms with Crippen LogP contribution in [0.4, 0.5) is 0 Å². The highest BCUT2D eigenvalue weighted by molar-refractivity contribution is 5.94. The van der Waals surface area contributed by atoms with E-state index in [1.54, 1.807) is 18.5 Å². The van der Waals surface area contributed by atoms with Crippen LogP contribution in [0.5, 0.6) is 0 Å². The van der Waals surface area contributed by atoms with E-state index in [9.17, 15) is 9.59 Å². The topological polar surface area (TPSA) is 76.0 Å². The van der Waals surface area contributed by atoms with Crippen molar-refractivity contribution in [3.63, 3.8) is 0 Å². The predicted octanol–water partition coefficient (Wildman–Crippen LogP) is 2.14. The Kier molecular flexibility index (Phi) is 5.09. The predicted molar refractivity (Wildman–Crippen MR) is 96.2 cm³/mol. The summed E-state index contributed by atoms with van der Waals surface area (Å²) in [7, 11) is 0. The molecule has 0 fully saturated rings. The van der Waals surface area contributed by atoms with E-state index in [1.165, 1.54) is 0 Å². The number of hydrogen-bond acceptors (Lipinski definition) is 3. The van der Waals surface area contributed by atoms with Crippen LogP contribution in [0.1, 0.15) is 23.3 Å². The molecule has 25 heavy (non-hydrogen) atoms. The molecule has 2 aromatic carbocycles. The second kappa shape index (κ2) is 7.61. The Bertz CT molecular complexity index is 873. The maximum Gasteiger partial charge on any atom is 0.251 e. The summed E-state index contributed by atoms with van der Waals surface area (Å²) in [5.74, 6) is -0.263. The number of nitrogens with zero attached hydrogens (tertiary/aromatic N) is 2. The van der Waals surface area contributed by atoms with Gasteiger partial charge in [0.2, 0.25) is 5.91 Å². The third-order valence-electron chi connectivity index (χ3n) is 4.02. The van der Waals surface area contributed by atoms with Crippen molar-refractivity contribution < 1.29 is 9.59 Å². The molecule has 2 N–H and O–H groups in total. The molecule has 128 valence electrons. The SMILES string of the molecule is CC(C(=O)NCCNC(=O)c1ccccc1)n1cnc2ccccc21. The number of hydrogen-bond donors (Lipinski definition) is 2. The molecule has 0 spiro atoms. The highest BCUT2D eigenvalue weighted by atomic mass is 16.2. The maximum atomic E-state index is 12.3. The lowest BCUT2D eigenvalue weighted by atomic mass is 10.2. The standard InChI is InChI=1S/C19H20N4O2/c1-14(23-13-22-16-9-5-6-10-17(16)23)18(24)20-11-12-21-19(25)15-7-3-2-4-8-15/h2-10,13-14H,11-12H2,1H3,(H,20,24)(H,21,25). The van der Waals surface area contributed by atoms with Crippen molar-refractivity contribution in [1.82, 2.24) is 20.2 Å². The fraction of sp³-hybridized carbons (Fsp3) is 0.211. The van der Waals surface area contributed by atoms with Crippen LogP contribution in [0.15, 0.2) is 60.9 Å². The van der Waals surface area contributed by atoms with Gasteiger partial charge in [-0.2, -0.15) is 0 Å². The Morgan fingerprint density at radius 3 is 2.48 bits per heavy atom. The Hall–Kier alpha value is -3.15. The zero-order valence-electron chi connectivity index (χ0n) is 14.0. The summed E-state index contributed by atoms with van der Waals surface area (Å²) in [6, 6.07) is 16.3. The Labute approximate surface area is 145 Å². The van der Waals surface area contributed by atoms with Gasteiger partial charge in [-0.05, 0) is 31.2 Å². The molecule has 0 saturated heterocycles. The highest BCUT2D eigenvalue weighted by Crippen LogP contribution is 2.17. The maximum absolute atomic E-state index is 12.3. The van der Waals surface area contributed by atoms with Crippen LogP contribution in [-0.2, 0) is 4.79 Å². The van der Waals surface area contributed by atoms with Gasteiger partial charge in [0.1, 0.15) is 6.04 Å². The van der Waals surface area contributed by atoms with Crippen LogP contribution in [-0.4, -0.2) is 34.5 Å². The average Bonchev–Trinajstić information content (AvgIpc) is 3.09. The van der Waals surface area contributed by atoms with Crippen LogP contribution >= 0.6 is 0 Å². The lowest BCUT2D eigenvalue weighted by Gasteiger charge is -2.15. The molecule has 1 heterocycles. The molecule has 0 aliphatic heterocycles. The molecule has 0 aliphatic rings. The van der Waals surface area contributed by atoms with Gasteiger partial charge in [-0.3, -0.25) is 9.59 Å². The van der Waals surface area contributed by atoms with E-state index in [-0.39, 0.29) is 17.9 Å². The minimum absolute atomic E-state index is 0.114. The van der Waals surface area contributed by atoms with E-state index >= 15 is 0 Å². The fourth-order valence-electron chi connectivity index (χ4n) is 2.61. The van der Waals surface area contributed by atoms with E-state index in [4.69, 9.17) is 0 Å². The van der Waals surface area contributed by atoms with Crippen molar-refractivity contribution >= 4 is 22.8 Å². The van der Waals surface area contributed by atoms with Crippen molar-refractivity contribution in [3.05, 3.63) is 66.5 Å². The summed E-state index contributed by atoms with van der Waals surface area (Å²) in [4.78, 5) is 28.5. The number of fused-ring (bicyclic) bond motifs is 1. The largest absolute Gasteiger partial charge is 0.353 e. The number of carbonyl (C=O) groups is 2. The molecule has 1 unspecified atom stereocenters. The fourth-order valence-corrected chi connectivity index (χ4v) is 2.61. The molecule has 0 radical (unpaired) electrons. The summed E-state index contributed by atoms with van der Waals surface area (Å²) in [6.45, 7) is 2.57. The van der Waals surface area contributed by atoms with Gasteiger partial charge in [0.25, 0.3) is 5.91 Å². The summed E-state index contributed by atoms with van der Waals surface area (Å²) < 4.78 is 1.84. The number of carbonyl (C=O) groups excluding carboxylic acids is 2. The molecule has 3 rings (SSSR count). The summed E-state index contributed by atoms with van der Waals surface area (Å²) in [6.07, 6.45) is 1.67. The first kappa shape index (κ1) is 16.7. The van der Waals surface area contributed by atoms with Gasteiger partial charge >= 0.3 is 0 Å². The molecular formula is C19H20N4O2. The first-order valence-corrected chi connectivity index (χ1v) is 8.19. The molecule has 3 aromatic rings. The van der Waals surface area contributed by atoms with Gasteiger partial charge in [-0.25, -0.2) is 4.98 Å². The number of nitrogens with one attached hydrogen (secondary N) is 2. The zero-order valence-corrected chi connectivity index (χ0v) is 14.0. The molecular weight excluding hydrogens is 316 g/mol. The average molecular weight is 336 g/mol. The van der Waals surface area contributed by atoms with E-state index in [1.807, 2.05) is 54.0 Å². The number of rotatable bonds is 6. The summed E-state index contributed by atoms with van der Waals surface area (Å²) in [5, 5.41) is 5.62. The van der Waals surface area contributed by atoms with Crippen molar-refractivity contribution in [3.8, 4) is 0 Å². The van der Waals surface area contributed by atoms with Crippen LogP contribution in [0, 0.1) is 0 Å². The van der Waals surface area contributed by atoms with Crippen LogP contribution in [0.2, 0.25) is 0 Å². The molecule has 0 aliphatic carbocycles. The van der Waals surface area contributed by atoms with Gasteiger partial charge in [0.15, 0.2) is 0 Å². The van der Waals surface area contributed by atoms with Crippen LogP contribution < -0.4 is 10.6 Å². The number of para-hydroxylation sites is 2. The van der Waals surface area contributed by atoms with E-state index in [2.05, 4.69) is 15.6 Å². The third kappa shape index (κ3) is 3.85. The smallest absolute Gasteiger partial charge is 0.251 e. The molecule has 0 bridgehead atoms. The second-order valence-electron chi connectivity index (χ2n) is 5.73. The van der Waals surface area contributed by atoms with Gasteiger partial charge < -0.3 is 15.2 Å². The van der Waals surface area contributed by atoms with E-state index < -0.39 is 0 Å². The van der Waals surface area contributed by atoms with Crippen molar-refractivity contribution in [2.75, 3.05) is 13.1 Å². The summed E-state index contributed by atoms with van der Waals surface area (Å²) >= 11 is 0. The molecule has 1 atom stereocenters. The molecule has 0 saturated carbocycles. The van der Waals surface area contributed by atoms with Crippen molar-refractivity contribution in [2.45, 2.75) is 13.0 Å². The van der Waals surface area contributed by atoms with Gasteiger partial charge in [0, 0.05) is 18.7 Å². The molecule has 2 amide bonds. The third-order valence-corrected chi connectivity index (χ3v) is 4.02. The quantitative estimate of drug-likeness (QED) is 0.677. The molecule has 6 nitrogen and oxygen atoms in total. The minimum atomic E-state index is -0.378.